The Hall–Kier alpha value is -3.48. The molecule has 5 heterocycles. The summed E-state index contributed by atoms with van der Waals surface area (Å²) in [4.78, 5) is 30.8. The van der Waals surface area contributed by atoms with Crippen LogP contribution in [0.25, 0.3) is 22.3 Å². The van der Waals surface area contributed by atoms with Crippen LogP contribution in [0.5, 0.6) is 11.5 Å². The summed E-state index contributed by atoms with van der Waals surface area (Å²) < 4.78 is 44.6. The highest BCUT2D eigenvalue weighted by atomic mass is 32.2. The fraction of sp³-hybridized carbons (Fsp3) is 0.375. The van der Waals surface area contributed by atoms with Gasteiger partial charge in [0.1, 0.15) is 18.1 Å². The highest BCUT2D eigenvalue weighted by Gasteiger charge is 2.45. The summed E-state index contributed by atoms with van der Waals surface area (Å²) in [6.45, 7) is 3.27. The van der Waals surface area contributed by atoms with E-state index in [9.17, 15) is 23.1 Å². The molecule has 2 atom stereocenters. The van der Waals surface area contributed by atoms with E-state index in [0.29, 0.717) is 44.9 Å². The molecule has 0 saturated carbocycles. The minimum Gasteiger partial charge on any atom is -0.458 e. The van der Waals surface area contributed by atoms with Gasteiger partial charge in [-0.25, -0.2) is 22.9 Å². The molecule has 3 aromatic rings. The molecule has 12 heteroatoms. The van der Waals surface area contributed by atoms with Crippen LogP contribution in [0, 0.1) is 0 Å². The van der Waals surface area contributed by atoms with Crippen LogP contribution < -0.4 is 19.8 Å². The first-order valence-electron chi connectivity index (χ1n) is 11.4. The van der Waals surface area contributed by atoms with Gasteiger partial charge in [-0.15, -0.1) is 0 Å². The van der Waals surface area contributed by atoms with E-state index in [2.05, 4.69) is 4.72 Å². The lowest BCUT2D eigenvalue weighted by Gasteiger charge is -2.31. The summed E-state index contributed by atoms with van der Waals surface area (Å²) in [6.07, 6.45) is 1.12. The lowest BCUT2D eigenvalue weighted by molar-refractivity contribution is -0.172. The minimum atomic E-state index is -3.51. The number of sulfonamides is 1. The number of nitrogens with one attached hydrogen (secondary N) is 1. The zero-order valence-corrected chi connectivity index (χ0v) is 20.6. The molecule has 188 valence electrons. The van der Waals surface area contributed by atoms with Crippen molar-refractivity contribution < 1.29 is 32.5 Å². The topological polar surface area (TPSA) is 146 Å². The fourth-order valence-electron chi connectivity index (χ4n) is 5.30. The number of pyridine rings is 2. The lowest BCUT2D eigenvalue weighted by Crippen LogP contribution is -2.44. The van der Waals surface area contributed by atoms with Gasteiger partial charge >= 0.3 is 5.97 Å². The van der Waals surface area contributed by atoms with Gasteiger partial charge in [-0.05, 0) is 31.0 Å². The summed E-state index contributed by atoms with van der Waals surface area (Å²) in [5.41, 5.74) is 0.752. The molecule has 3 aliphatic rings. The molecule has 3 aliphatic heterocycles. The Kier molecular flexibility index (Phi) is 4.79. The van der Waals surface area contributed by atoms with Crippen LogP contribution in [0.3, 0.4) is 0 Å². The predicted molar refractivity (Wildman–Crippen MR) is 127 cm³/mol. The van der Waals surface area contributed by atoms with Crippen LogP contribution in [0.15, 0.2) is 23.0 Å². The molecule has 0 fully saturated rings. The van der Waals surface area contributed by atoms with Gasteiger partial charge in [0.15, 0.2) is 5.60 Å². The second-order valence-corrected chi connectivity index (χ2v) is 11.0. The van der Waals surface area contributed by atoms with Gasteiger partial charge in [-0.1, -0.05) is 13.0 Å². The van der Waals surface area contributed by atoms with Crippen LogP contribution >= 0.6 is 0 Å². The Morgan fingerprint density at radius 3 is 2.72 bits per heavy atom. The van der Waals surface area contributed by atoms with Crippen LogP contribution in [-0.4, -0.2) is 42.1 Å². The number of carbonyl (C=O) groups is 1. The van der Waals surface area contributed by atoms with Crippen molar-refractivity contribution in [3.8, 4) is 22.9 Å². The van der Waals surface area contributed by atoms with Crippen LogP contribution in [0.4, 0.5) is 0 Å². The van der Waals surface area contributed by atoms with Crippen molar-refractivity contribution in [2.24, 2.45) is 0 Å². The monoisotopic (exact) mass is 513 g/mol. The largest absolute Gasteiger partial charge is 0.458 e. The first-order valence-corrected chi connectivity index (χ1v) is 13.3. The van der Waals surface area contributed by atoms with Gasteiger partial charge in [0.2, 0.25) is 16.8 Å². The number of aromatic nitrogens is 2. The number of aliphatic hydroxyl groups is 1. The first kappa shape index (κ1) is 23.0. The number of cyclic esters (lactones) is 1. The second-order valence-electron chi connectivity index (χ2n) is 9.27. The summed E-state index contributed by atoms with van der Waals surface area (Å²) >= 11 is 0. The zero-order chi connectivity index (χ0) is 25.6. The van der Waals surface area contributed by atoms with Gasteiger partial charge in [-0.3, -0.25) is 4.79 Å². The van der Waals surface area contributed by atoms with Gasteiger partial charge in [0, 0.05) is 17.2 Å². The maximum atomic E-state index is 13.5. The van der Waals surface area contributed by atoms with Crippen LogP contribution in [0.2, 0.25) is 0 Å². The summed E-state index contributed by atoms with van der Waals surface area (Å²) in [7, 11) is -3.51. The third-order valence-corrected chi connectivity index (χ3v) is 7.84. The molecule has 0 bridgehead atoms. The quantitative estimate of drug-likeness (QED) is 0.387. The van der Waals surface area contributed by atoms with Crippen molar-refractivity contribution in [2.45, 2.75) is 45.1 Å². The smallest absolute Gasteiger partial charge is 0.343 e. The van der Waals surface area contributed by atoms with Crippen molar-refractivity contribution in [3.63, 3.8) is 0 Å². The molecule has 11 nitrogen and oxygen atoms in total. The Morgan fingerprint density at radius 2 is 2.00 bits per heavy atom. The number of carbonyl (C=O) groups excluding carboxylic acids is 1. The fourth-order valence-corrected chi connectivity index (χ4v) is 6.07. The van der Waals surface area contributed by atoms with Crippen molar-refractivity contribution in [1.82, 2.24) is 14.3 Å². The third kappa shape index (κ3) is 3.11. The van der Waals surface area contributed by atoms with Gasteiger partial charge in [0.05, 0.1) is 40.7 Å². The van der Waals surface area contributed by atoms with E-state index >= 15 is 0 Å². The van der Waals surface area contributed by atoms with E-state index in [0.717, 1.165) is 6.26 Å². The first-order chi connectivity index (χ1) is 17.0. The molecule has 36 heavy (non-hydrogen) atoms. The van der Waals surface area contributed by atoms with Crippen molar-refractivity contribution in [3.05, 3.63) is 50.8 Å². The molecule has 0 spiro atoms. The standard InChI is InChI=1S/C24H23N3O8S/c1-4-24(30)15-7-16-19-13(8-27(16)22(28)14(15)9-33-23(24)29)21-18-17(34-10-35-21)6-5-12(20(18)25-19)11(2)26-36(3,31)32/h5-7,11,26,30H,4,8-10H2,1-3H3/t11?,24-/m0/s1. The number of ether oxygens (including phenoxy) is 3. The lowest BCUT2D eigenvalue weighted by atomic mass is 9.86. The molecule has 2 aromatic heterocycles. The SMILES string of the molecule is CC[C@@]1(O)C(=O)OCc2c1cc1n(c2=O)Cc2c-1nc1c(C(C)NS(C)(=O)=O)ccc3c1c2OCO3. The third-order valence-electron chi connectivity index (χ3n) is 7.06. The van der Waals surface area contributed by atoms with E-state index in [1.54, 1.807) is 32.0 Å². The molecular formula is C24H23N3O8S. The number of esters is 1. The average Bonchev–Trinajstić information content (AvgIpc) is 3.20. The van der Waals surface area contributed by atoms with Crippen molar-refractivity contribution in [2.75, 3.05) is 13.0 Å². The van der Waals surface area contributed by atoms with Crippen molar-refractivity contribution in [1.29, 1.82) is 0 Å². The molecule has 6 rings (SSSR count). The molecule has 0 aliphatic carbocycles. The Morgan fingerprint density at radius 1 is 1.22 bits per heavy atom. The highest BCUT2D eigenvalue weighted by molar-refractivity contribution is 7.88. The number of benzene rings is 1. The number of nitrogens with zero attached hydrogens (tertiary/aromatic N) is 2. The number of hydrogen-bond donors (Lipinski definition) is 2. The number of rotatable bonds is 4. The van der Waals surface area contributed by atoms with Crippen LogP contribution in [0.1, 0.15) is 48.6 Å². The highest BCUT2D eigenvalue weighted by Crippen LogP contribution is 2.47. The van der Waals surface area contributed by atoms with E-state index in [4.69, 9.17) is 19.2 Å². The molecule has 0 saturated heterocycles. The number of fused-ring (bicyclic) bond motifs is 5. The zero-order valence-electron chi connectivity index (χ0n) is 19.7. The molecule has 0 radical (unpaired) electrons. The van der Waals surface area contributed by atoms with E-state index in [1.807, 2.05) is 0 Å². The summed E-state index contributed by atoms with van der Waals surface area (Å²) in [6, 6.07) is 4.51. The van der Waals surface area contributed by atoms with Crippen LogP contribution in [-0.2, 0) is 38.3 Å². The number of hydrogen-bond acceptors (Lipinski definition) is 9. The van der Waals surface area contributed by atoms with Gasteiger partial charge < -0.3 is 23.9 Å². The maximum absolute atomic E-state index is 13.5. The van der Waals surface area contributed by atoms with E-state index in [-0.39, 0.29) is 43.1 Å². The molecule has 1 unspecified atom stereocenters. The molecular weight excluding hydrogens is 490 g/mol. The normalized spacial score (nSPS) is 20.6. The van der Waals surface area contributed by atoms with E-state index < -0.39 is 27.6 Å². The Bertz CT molecular complexity index is 1660. The molecule has 2 N–H and O–H groups in total. The van der Waals surface area contributed by atoms with E-state index in [1.165, 1.54) is 4.57 Å². The van der Waals surface area contributed by atoms with Crippen molar-refractivity contribution >= 4 is 26.9 Å². The Balaban J connectivity index is 1.64. The molecule has 1 aromatic carbocycles. The maximum Gasteiger partial charge on any atom is 0.343 e. The minimum absolute atomic E-state index is 0.0330. The Labute approximate surface area is 205 Å². The summed E-state index contributed by atoms with van der Waals surface area (Å²) in [5, 5.41) is 11.7. The summed E-state index contributed by atoms with van der Waals surface area (Å²) in [5.74, 6) is 0.248. The van der Waals surface area contributed by atoms with Gasteiger partial charge in [0.25, 0.3) is 5.56 Å². The predicted octanol–water partition coefficient (Wildman–Crippen LogP) is 1.42. The average molecular weight is 514 g/mol. The molecule has 0 amide bonds. The van der Waals surface area contributed by atoms with Gasteiger partial charge in [-0.2, -0.15) is 0 Å². The second kappa shape index (κ2) is 7.51.